The lowest BCUT2D eigenvalue weighted by atomic mass is 9.75. The monoisotopic (exact) mass is 280 g/mol. The Morgan fingerprint density at radius 1 is 1.20 bits per heavy atom. The third kappa shape index (κ3) is 2.27. The Labute approximate surface area is 120 Å². The van der Waals surface area contributed by atoms with Gasteiger partial charge in [0.2, 0.25) is 0 Å². The largest absolute Gasteiger partial charge is 0.465 e. The second kappa shape index (κ2) is 4.44. The number of epoxide rings is 2. The second-order valence-electron chi connectivity index (χ2n) is 7.54. The molecule has 7 atom stereocenters. The molecule has 4 fully saturated rings. The number of carbonyl (C=O) groups excluding carboxylic acids is 1. The molecule has 2 saturated carbocycles. The lowest BCUT2D eigenvalue weighted by Gasteiger charge is -2.31. The molecule has 2 saturated heterocycles. The third-order valence-electron chi connectivity index (χ3n) is 5.87. The van der Waals surface area contributed by atoms with E-state index in [1.807, 2.05) is 6.92 Å². The van der Waals surface area contributed by atoms with Gasteiger partial charge in [-0.1, -0.05) is 6.92 Å². The average molecular weight is 280 g/mol. The summed E-state index contributed by atoms with van der Waals surface area (Å²) in [5, 5.41) is 0. The molecule has 2 aliphatic heterocycles. The van der Waals surface area contributed by atoms with Gasteiger partial charge >= 0.3 is 5.97 Å². The van der Waals surface area contributed by atoms with Crippen LogP contribution in [-0.4, -0.2) is 37.0 Å². The summed E-state index contributed by atoms with van der Waals surface area (Å²) in [7, 11) is 0. The van der Waals surface area contributed by atoms with Crippen molar-refractivity contribution in [2.24, 2.45) is 17.3 Å². The van der Waals surface area contributed by atoms with Gasteiger partial charge < -0.3 is 14.2 Å². The molecule has 4 aliphatic rings. The Morgan fingerprint density at radius 2 is 1.95 bits per heavy atom. The van der Waals surface area contributed by atoms with Gasteiger partial charge in [-0.3, -0.25) is 4.79 Å². The summed E-state index contributed by atoms with van der Waals surface area (Å²) in [6, 6.07) is 0. The van der Waals surface area contributed by atoms with E-state index in [0.29, 0.717) is 42.9 Å². The van der Waals surface area contributed by atoms with Crippen LogP contribution in [-0.2, 0) is 19.0 Å². The van der Waals surface area contributed by atoms with Crippen LogP contribution in [0.25, 0.3) is 0 Å². The lowest BCUT2D eigenvalue weighted by Crippen LogP contribution is -2.36. The zero-order valence-electron chi connectivity index (χ0n) is 12.3. The molecule has 2 heterocycles. The number of fused-ring (bicyclic) bond motifs is 2. The summed E-state index contributed by atoms with van der Waals surface area (Å²) in [4.78, 5) is 12.4. The van der Waals surface area contributed by atoms with Crippen LogP contribution in [0, 0.1) is 17.3 Å². The molecule has 0 aromatic carbocycles. The van der Waals surface area contributed by atoms with Gasteiger partial charge in [0, 0.05) is 0 Å². The molecule has 112 valence electrons. The molecule has 0 N–H and O–H groups in total. The first-order valence-corrected chi connectivity index (χ1v) is 8.03. The smallest absolute Gasteiger partial charge is 0.311 e. The molecule has 0 bridgehead atoms. The summed E-state index contributed by atoms with van der Waals surface area (Å²) in [6.07, 6.45) is 6.62. The first kappa shape index (κ1) is 13.1. The highest BCUT2D eigenvalue weighted by Gasteiger charge is 2.52. The molecule has 0 aromatic rings. The van der Waals surface area contributed by atoms with Crippen molar-refractivity contribution in [3.63, 3.8) is 0 Å². The summed E-state index contributed by atoms with van der Waals surface area (Å²) in [5.41, 5.74) is -0.325. The number of hydrogen-bond acceptors (Lipinski definition) is 4. The number of ether oxygens (including phenoxy) is 3. The Kier molecular flexibility index (Phi) is 2.90. The van der Waals surface area contributed by atoms with Crippen LogP contribution in [0.5, 0.6) is 0 Å². The minimum Gasteiger partial charge on any atom is -0.465 e. The summed E-state index contributed by atoms with van der Waals surface area (Å²) < 4.78 is 16.8. The third-order valence-corrected chi connectivity index (χ3v) is 5.87. The highest BCUT2D eigenvalue weighted by molar-refractivity contribution is 5.76. The molecular weight excluding hydrogens is 256 g/mol. The van der Waals surface area contributed by atoms with E-state index in [2.05, 4.69) is 6.92 Å². The van der Waals surface area contributed by atoms with Gasteiger partial charge in [-0.2, -0.15) is 0 Å². The minimum absolute atomic E-state index is 0.0162. The highest BCUT2D eigenvalue weighted by Crippen LogP contribution is 2.47. The zero-order valence-corrected chi connectivity index (χ0v) is 12.3. The molecule has 7 unspecified atom stereocenters. The predicted octanol–water partition coefficient (Wildman–Crippen LogP) is 2.30. The maximum atomic E-state index is 12.4. The predicted molar refractivity (Wildman–Crippen MR) is 72.1 cm³/mol. The fraction of sp³-hybridized carbons (Fsp3) is 0.938. The average Bonchev–Trinajstić information content (AvgIpc) is 3.29. The van der Waals surface area contributed by atoms with E-state index >= 15 is 0 Å². The topological polar surface area (TPSA) is 51.4 Å². The van der Waals surface area contributed by atoms with E-state index in [1.54, 1.807) is 0 Å². The molecule has 4 rings (SSSR count). The Balaban J connectivity index is 1.31. The van der Waals surface area contributed by atoms with Crippen LogP contribution in [0.4, 0.5) is 0 Å². The molecule has 0 amide bonds. The van der Waals surface area contributed by atoms with Crippen molar-refractivity contribution in [2.75, 3.05) is 6.61 Å². The van der Waals surface area contributed by atoms with Crippen molar-refractivity contribution < 1.29 is 19.0 Å². The van der Waals surface area contributed by atoms with Crippen LogP contribution in [0.3, 0.4) is 0 Å². The van der Waals surface area contributed by atoms with Gasteiger partial charge in [0.1, 0.15) is 0 Å². The Hall–Kier alpha value is -0.610. The standard InChI is InChI=1S/C16H24O4/c1-9-5-12-13(20-12)6-10(9)8-18-15(17)16(2)4-3-11-14(7-16)19-11/h9-14H,3-8H2,1-2H3. The zero-order chi connectivity index (χ0) is 13.9. The minimum atomic E-state index is -0.325. The van der Waals surface area contributed by atoms with E-state index in [9.17, 15) is 4.79 Å². The van der Waals surface area contributed by atoms with Gasteiger partial charge in [0.05, 0.1) is 36.4 Å². The van der Waals surface area contributed by atoms with E-state index in [1.165, 1.54) is 0 Å². The second-order valence-corrected chi connectivity index (χ2v) is 7.54. The number of esters is 1. The quantitative estimate of drug-likeness (QED) is 0.588. The molecule has 2 aliphatic carbocycles. The van der Waals surface area contributed by atoms with Crippen molar-refractivity contribution >= 4 is 5.97 Å². The fourth-order valence-electron chi connectivity index (χ4n) is 4.08. The molecule has 0 radical (unpaired) electrons. The highest BCUT2D eigenvalue weighted by atomic mass is 16.6. The van der Waals surface area contributed by atoms with Gasteiger partial charge in [-0.25, -0.2) is 0 Å². The molecule has 20 heavy (non-hydrogen) atoms. The van der Waals surface area contributed by atoms with Crippen LogP contribution >= 0.6 is 0 Å². The van der Waals surface area contributed by atoms with Crippen LogP contribution in [0.1, 0.15) is 46.0 Å². The first-order valence-electron chi connectivity index (χ1n) is 8.03. The maximum Gasteiger partial charge on any atom is 0.311 e. The SMILES string of the molecule is CC1CC2OC2CC1COC(=O)C1(C)CCC2OC2C1. The summed E-state index contributed by atoms with van der Waals surface area (Å²) in [6.45, 7) is 4.86. The summed E-state index contributed by atoms with van der Waals surface area (Å²) >= 11 is 0. The van der Waals surface area contributed by atoms with E-state index in [-0.39, 0.29) is 11.4 Å². The lowest BCUT2D eigenvalue weighted by molar-refractivity contribution is -0.158. The van der Waals surface area contributed by atoms with Gasteiger partial charge in [-0.05, 0) is 50.9 Å². The van der Waals surface area contributed by atoms with E-state index in [0.717, 1.165) is 32.1 Å². The van der Waals surface area contributed by atoms with Crippen LogP contribution in [0.15, 0.2) is 0 Å². The van der Waals surface area contributed by atoms with Crippen molar-refractivity contribution in [2.45, 2.75) is 70.4 Å². The molecule has 0 aromatic heterocycles. The van der Waals surface area contributed by atoms with Crippen molar-refractivity contribution in [1.82, 2.24) is 0 Å². The first-order chi connectivity index (χ1) is 9.55. The molecular formula is C16H24O4. The number of hydrogen-bond donors (Lipinski definition) is 0. The molecule has 4 nitrogen and oxygen atoms in total. The molecule has 4 heteroatoms. The van der Waals surface area contributed by atoms with Crippen molar-refractivity contribution in [3.05, 3.63) is 0 Å². The number of carbonyl (C=O) groups is 1. The van der Waals surface area contributed by atoms with Crippen LogP contribution in [0.2, 0.25) is 0 Å². The van der Waals surface area contributed by atoms with Crippen molar-refractivity contribution in [3.8, 4) is 0 Å². The van der Waals surface area contributed by atoms with Crippen molar-refractivity contribution in [1.29, 1.82) is 0 Å². The number of rotatable bonds is 3. The summed E-state index contributed by atoms with van der Waals surface area (Å²) in [5.74, 6) is 1.05. The van der Waals surface area contributed by atoms with Gasteiger partial charge in [0.15, 0.2) is 0 Å². The normalized spacial score (nSPS) is 52.7. The van der Waals surface area contributed by atoms with Gasteiger partial charge in [0.25, 0.3) is 0 Å². The fourth-order valence-corrected chi connectivity index (χ4v) is 4.08. The Bertz CT molecular complexity index is 423. The molecule has 0 spiro atoms. The maximum absolute atomic E-state index is 12.4. The Morgan fingerprint density at radius 3 is 2.75 bits per heavy atom. The van der Waals surface area contributed by atoms with Gasteiger partial charge in [-0.15, -0.1) is 0 Å². The van der Waals surface area contributed by atoms with Crippen LogP contribution < -0.4 is 0 Å². The van der Waals surface area contributed by atoms with E-state index < -0.39 is 0 Å². The van der Waals surface area contributed by atoms with E-state index in [4.69, 9.17) is 14.2 Å².